The standard InChI is InChI=1S/C20H20BrNO3/c1-13(2)12-22-17-9-4-3-8-16(17)20(25,19(22)24)11-18(23)14-6-5-7-15(21)10-14/h3-10,13,25H,11-12H2,1-2H3/t20-/m0/s1. The van der Waals surface area contributed by atoms with E-state index in [1.54, 1.807) is 35.2 Å². The molecule has 1 aliphatic rings. The quantitative estimate of drug-likeness (QED) is 0.772. The van der Waals surface area contributed by atoms with Crippen molar-refractivity contribution in [1.29, 1.82) is 0 Å². The molecule has 1 atom stereocenters. The molecule has 0 aliphatic carbocycles. The van der Waals surface area contributed by atoms with Gasteiger partial charge in [-0.3, -0.25) is 9.59 Å². The fraction of sp³-hybridized carbons (Fsp3) is 0.300. The molecule has 5 heteroatoms. The van der Waals surface area contributed by atoms with Crippen LogP contribution in [0.5, 0.6) is 0 Å². The van der Waals surface area contributed by atoms with Gasteiger partial charge in [-0.25, -0.2) is 0 Å². The Morgan fingerprint density at radius 2 is 1.92 bits per heavy atom. The van der Waals surface area contributed by atoms with Crippen LogP contribution in [0.1, 0.15) is 36.2 Å². The Morgan fingerprint density at radius 3 is 2.60 bits per heavy atom. The molecule has 1 N–H and O–H groups in total. The van der Waals surface area contributed by atoms with Crippen molar-refractivity contribution in [3.63, 3.8) is 0 Å². The lowest BCUT2D eigenvalue weighted by atomic mass is 9.88. The molecule has 0 unspecified atom stereocenters. The lowest BCUT2D eigenvalue weighted by molar-refractivity contribution is -0.136. The minimum atomic E-state index is -1.81. The molecule has 0 radical (unpaired) electrons. The summed E-state index contributed by atoms with van der Waals surface area (Å²) >= 11 is 3.34. The Balaban J connectivity index is 1.97. The van der Waals surface area contributed by atoms with Gasteiger partial charge in [0.2, 0.25) is 0 Å². The molecule has 2 aromatic carbocycles. The zero-order chi connectivity index (χ0) is 18.2. The van der Waals surface area contributed by atoms with Gasteiger partial charge in [0.25, 0.3) is 5.91 Å². The number of para-hydroxylation sites is 1. The third kappa shape index (κ3) is 3.26. The number of hydrogen-bond donors (Lipinski definition) is 1. The number of aliphatic hydroxyl groups is 1. The fourth-order valence-electron chi connectivity index (χ4n) is 3.22. The molecule has 0 saturated carbocycles. The van der Waals surface area contributed by atoms with Crippen LogP contribution in [0, 0.1) is 5.92 Å². The maximum absolute atomic E-state index is 13.0. The van der Waals surface area contributed by atoms with E-state index in [9.17, 15) is 14.7 Å². The molecular formula is C20H20BrNO3. The van der Waals surface area contributed by atoms with E-state index in [1.807, 2.05) is 32.0 Å². The second-order valence-electron chi connectivity index (χ2n) is 6.80. The summed E-state index contributed by atoms with van der Waals surface area (Å²) in [5.41, 5.74) is -0.157. The Bertz CT molecular complexity index is 833. The second-order valence-corrected chi connectivity index (χ2v) is 7.71. The van der Waals surface area contributed by atoms with Crippen molar-refractivity contribution in [2.24, 2.45) is 5.92 Å². The van der Waals surface area contributed by atoms with Crippen LogP contribution >= 0.6 is 15.9 Å². The number of rotatable bonds is 5. The van der Waals surface area contributed by atoms with E-state index < -0.39 is 11.5 Å². The third-order valence-corrected chi connectivity index (χ3v) is 4.84. The van der Waals surface area contributed by atoms with Crippen molar-refractivity contribution in [3.05, 3.63) is 64.1 Å². The van der Waals surface area contributed by atoms with Gasteiger partial charge in [-0.05, 0) is 24.1 Å². The highest BCUT2D eigenvalue weighted by molar-refractivity contribution is 9.10. The summed E-state index contributed by atoms with van der Waals surface area (Å²) in [5.74, 6) is -0.441. The van der Waals surface area contributed by atoms with E-state index in [1.165, 1.54) is 0 Å². The molecule has 0 aromatic heterocycles. The van der Waals surface area contributed by atoms with Crippen LogP contribution in [-0.2, 0) is 10.4 Å². The zero-order valence-electron chi connectivity index (χ0n) is 14.2. The van der Waals surface area contributed by atoms with Crippen molar-refractivity contribution in [2.45, 2.75) is 25.9 Å². The summed E-state index contributed by atoms with van der Waals surface area (Å²) in [7, 11) is 0. The maximum atomic E-state index is 13.0. The third-order valence-electron chi connectivity index (χ3n) is 4.35. The minimum Gasteiger partial charge on any atom is -0.375 e. The fourth-order valence-corrected chi connectivity index (χ4v) is 3.62. The first-order valence-corrected chi connectivity index (χ1v) is 9.05. The molecule has 0 saturated heterocycles. The number of carbonyl (C=O) groups is 2. The van der Waals surface area contributed by atoms with Crippen LogP contribution in [0.4, 0.5) is 5.69 Å². The van der Waals surface area contributed by atoms with Crippen molar-refractivity contribution >= 4 is 33.3 Å². The van der Waals surface area contributed by atoms with Crippen LogP contribution < -0.4 is 4.90 Å². The first kappa shape index (κ1) is 17.8. The van der Waals surface area contributed by atoms with Gasteiger partial charge in [0.15, 0.2) is 11.4 Å². The van der Waals surface area contributed by atoms with E-state index in [-0.39, 0.29) is 18.1 Å². The highest BCUT2D eigenvalue weighted by atomic mass is 79.9. The summed E-state index contributed by atoms with van der Waals surface area (Å²) < 4.78 is 0.782. The van der Waals surface area contributed by atoms with Crippen molar-refractivity contribution in [1.82, 2.24) is 0 Å². The molecular weight excluding hydrogens is 382 g/mol. The van der Waals surface area contributed by atoms with Gasteiger partial charge in [0.1, 0.15) is 0 Å². The second kappa shape index (κ2) is 6.73. The number of nitrogens with zero attached hydrogens (tertiary/aromatic N) is 1. The average molecular weight is 402 g/mol. The largest absolute Gasteiger partial charge is 0.375 e. The summed E-state index contributed by atoms with van der Waals surface area (Å²) in [6.07, 6.45) is -0.270. The number of halogens is 1. The molecule has 1 heterocycles. The zero-order valence-corrected chi connectivity index (χ0v) is 15.8. The van der Waals surface area contributed by atoms with E-state index in [0.29, 0.717) is 23.4 Å². The van der Waals surface area contributed by atoms with E-state index in [0.717, 1.165) is 4.47 Å². The van der Waals surface area contributed by atoms with Crippen LogP contribution in [0.25, 0.3) is 0 Å². The van der Waals surface area contributed by atoms with E-state index in [4.69, 9.17) is 0 Å². The molecule has 0 spiro atoms. The Morgan fingerprint density at radius 1 is 1.20 bits per heavy atom. The first-order valence-electron chi connectivity index (χ1n) is 8.25. The molecule has 3 rings (SSSR count). The Kier molecular flexibility index (Phi) is 4.80. The number of hydrogen-bond acceptors (Lipinski definition) is 3. The van der Waals surface area contributed by atoms with Gasteiger partial charge in [-0.1, -0.05) is 60.1 Å². The monoisotopic (exact) mass is 401 g/mol. The molecule has 25 heavy (non-hydrogen) atoms. The van der Waals surface area contributed by atoms with E-state index in [2.05, 4.69) is 15.9 Å². The van der Waals surface area contributed by atoms with Gasteiger partial charge in [0, 0.05) is 22.1 Å². The minimum absolute atomic E-state index is 0.250. The lowest BCUT2D eigenvalue weighted by Gasteiger charge is -2.23. The maximum Gasteiger partial charge on any atom is 0.264 e. The van der Waals surface area contributed by atoms with Crippen LogP contribution in [0.15, 0.2) is 53.0 Å². The van der Waals surface area contributed by atoms with Crippen molar-refractivity contribution in [2.75, 3.05) is 11.4 Å². The number of ketones is 1. The summed E-state index contributed by atoms with van der Waals surface area (Å²) in [5, 5.41) is 11.2. The SMILES string of the molecule is CC(C)CN1C(=O)[C@](O)(CC(=O)c2cccc(Br)c2)c2ccccc21. The highest BCUT2D eigenvalue weighted by Gasteiger charge is 2.50. The van der Waals surface area contributed by atoms with Crippen molar-refractivity contribution < 1.29 is 14.7 Å². The summed E-state index contributed by atoms with van der Waals surface area (Å²) in [6.45, 7) is 4.53. The molecule has 0 fully saturated rings. The highest BCUT2D eigenvalue weighted by Crippen LogP contribution is 2.43. The molecule has 1 amide bonds. The van der Waals surface area contributed by atoms with Crippen LogP contribution in [0.3, 0.4) is 0 Å². The normalized spacial score (nSPS) is 19.4. The van der Waals surface area contributed by atoms with Crippen LogP contribution in [-0.4, -0.2) is 23.3 Å². The number of fused-ring (bicyclic) bond motifs is 1. The average Bonchev–Trinajstić information content (AvgIpc) is 2.77. The molecule has 4 nitrogen and oxygen atoms in total. The lowest BCUT2D eigenvalue weighted by Crippen LogP contribution is -2.43. The number of anilines is 1. The summed E-state index contributed by atoms with van der Waals surface area (Å²) in [4.78, 5) is 27.3. The van der Waals surface area contributed by atoms with Gasteiger partial charge in [-0.15, -0.1) is 0 Å². The molecule has 0 bridgehead atoms. The number of amides is 1. The van der Waals surface area contributed by atoms with Gasteiger partial charge >= 0.3 is 0 Å². The number of benzene rings is 2. The topological polar surface area (TPSA) is 57.6 Å². The smallest absolute Gasteiger partial charge is 0.264 e. The predicted molar refractivity (Wildman–Crippen MR) is 101 cm³/mol. The molecule has 130 valence electrons. The number of Topliss-reactive ketones (excluding diaryl/α,β-unsaturated/α-hetero) is 1. The summed E-state index contributed by atoms with van der Waals surface area (Å²) in [6, 6.07) is 14.1. The van der Waals surface area contributed by atoms with Gasteiger partial charge in [0.05, 0.1) is 12.1 Å². The Labute approximate surface area is 155 Å². The van der Waals surface area contributed by atoms with E-state index >= 15 is 0 Å². The van der Waals surface area contributed by atoms with Gasteiger partial charge in [-0.2, -0.15) is 0 Å². The first-order chi connectivity index (χ1) is 11.8. The Hall–Kier alpha value is -1.98. The molecule has 1 aliphatic heterocycles. The predicted octanol–water partition coefficient (Wildman–Crippen LogP) is 3.91. The van der Waals surface area contributed by atoms with Gasteiger partial charge < -0.3 is 10.0 Å². The van der Waals surface area contributed by atoms with Crippen molar-refractivity contribution in [3.8, 4) is 0 Å². The van der Waals surface area contributed by atoms with Crippen LogP contribution in [0.2, 0.25) is 0 Å². The molecule has 2 aromatic rings. The number of carbonyl (C=O) groups excluding carboxylic acids is 2.